The third-order valence-corrected chi connectivity index (χ3v) is 5.76. The first-order valence-electron chi connectivity index (χ1n) is 11.4. The van der Waals surface area contributed by atoms with Gasteiger partial charge in [-0.1, -0.05) is 18.2 Å². The predicted molar refractivity (Wildman–Crippen MR) is 143 cm³/mol. The number of aromatic nitrogens is 1. The van der Waals surface area contributed by atoms with Gasteiger partial charge in [0.25, 0.3) is 0 Å². The SMILES string of the molecule is COc1cc(NC(=O)/C=C/c2cc3ccccc3n2C)ccc1OCCN(C(C)C)C(C)C.Cl. The van der Waals surface area contributed by atoms with Crippen molar-refractivity contribution in [2.75, 3.05) is 25.6 Å². The van der Waals surface area contributed by atoms with E-state index in [4.69, 9.17) is 9.47 Å². The number of rotatable bonds is 10. The zero-order valence-corrected chi connectivity index (χ0v) is 21.7. The van der Waals surface area contributed by atoms with Gasteiger partial charge in [-0.15, -0.1) is 12.4 Å². The van der Waals surface area contributed by atoms with E-state index in [0.717, 1.165) is 23.1 Å². The number of nitrogens with zero attached hydrogens (tertiary/aromatic N) is 2. The van der Waals surface area contributed by atoms with E-state index in [2.05, 4.69) is 60.7 Å². The molecule has 0 aliphatic heterocycles. The van der Waals surface area contributed by atoms with Crippen molar-refractivity contribution >= 4 is 41.0 Å². The van der Waals surface area contributed by atoms with Crippen LogP contribution < -0.4 is 14.8 Å². The number of carbonyl (C=O) groups excluding carboxylic acids is 1. The van der Waals surface area contributed by atoms with Crippen molar-refractivity contribution in [1.29, 1.82) is 0 Å². The molecule has 184 valence electrons. The third-order valence-electron chi connectivity index (χ3n) is 5.76. The first-order chi connectivity index (χ1) is 15.8. The lowest BCUT2D eigenvalue weighted by atomic mass is 10.2. The van der Waals surface area contributed by atoms with Crippen LogP contribution in [0, 0.1) is 0 Å². The molecule has 0 aliphatic carbocycles. The average molecular weight is 486 g/mol. The van der Waals surface area contributed by atoms with Gasteiger partial charge >= 0.3 is 0 Å². The number of benzene rings is 2. The van der Waals surface area contributed by atoms with E-state index in [0.29, 0.717) is 35.9 Å². The normalized spacial score (nSPS) is 11.4. The lowest BCUT2D eigenvalue weighted by Gasteiger charge is -2.30. The number of carbonyl (C=O) groups is 1. The molecule has 1 N–H and O–H groups in total. The molecule has 2 aromatic carbocycles. The number of halogens is 1. The minimum Gasteiger partial charge on any atom is -0.493 e. The molecule has 6 nitrogen and oxygen atoms in total. The molecule has 3 aromatic rings. The van der Waals surface area contributed by atoms with Crippen LogP contribution >= 0.6 is 12.4 Å². The summed E-state index contributed by atoms with van der Waals surface area (Å²) in [6.45, 7) is 10.1. The van der Waals surface area contributed by atoms with Crippen molar-refractivity contribution in [2.24, 2.45) is 7.05 Å². The number of hydrogen-bond donors (Lipinski definition) is 1. The molecule has 0 fully saturated rings. The molecule has 0 unspecified atom stereocenters. The molecule has 0 saturated carbocycles. The zero-order chi connectivity index (χ0) is 24.0. The summed E-state index contributed by atoms with van der Waals surface area (Å²) in [4.78, 5) is 14.9. The molecule has 7 heteroatoms. The van der Waals surface area contributed by atoms with Crippen LogP contribution in [0.4, 0.5) is 5.69 Å². The number of aryl methyl sites for hydroxylation is 1. The van der Waals surface area contributed by atoms with E-state index < -0.39 is 0 Å². The number of fused-ring (bicyclic) bond motifs is 1. The van der Waals surface area contributed by atoms with Gasteiger partial charge in [0.05, 0.1) is 7.11 Å². The van der Waals surface area contributed by atoms with Crippen molar-refractivity contribution < 1.29 is 14.3 Å². The maximum absolute atomic E-state index is 12.5. The van der Waals surface area contributed by atoms with Gasteiger partial charge in [0, 0.05) is 60.1 Å². The van der Waals surface area contributed by atoms with Crippen LogP contribution in [0.25, 0.3) is 17.0 Å². The van der Waals surface area contributed by atoms with Gasteiger partial charge in [-0.05, 0) is 58.0 Å². The molecule has 0 aliphatic rings. The summed E-state index contributed by atoms with van der Waals surface area (Å²) >= 11 is 0. The molecule has 0 radical (unpaired) electrons. The quantitative estimate of drug-likeness (QED) is 0.371. The van der Waals surface area contributed by atoms with Gasteiger partial charge in [0.2, 0.25) is 5.91 Å². The Balaban J connectivity index is 0.00000408. The number of nitrogens with one attached hydrogen (secondary N) is 1. The Morgan fingerprint density at radius 1 is 1.06 bits per heavy atom. The summed E-state index contributed by atoms with van der Waals surface area (Å²) in [6.07, 6.45) is 3.36. The Hall–Kier alpha value is -2.96. The number of ether oxygens (including phenoxy) is 2. The second-order valence-electron chi connectivity index (χ2n) is 8.65. The fraction of sp³-hybridized carbons (Fsp3) is 0.370. The molecular weight excluding hydrogens is 450 g/mol. The van der Waals surface area contributed by atoms with Crippen molar-refractivity contribution in [2.45, 2.75) is 39.8 Å². The second-order valence-corrected chi connectivity index (χ2v) is 8.65. The molecule has 1 aromatic heterocycles. The van der Waals surface area contributed by atoms with Crippen LogP contribution in [0.5, 0.6) is 11.5 Å². The zero-order valence-electron chi connectivity index (χ0n) is 20.9. The van der Waals surface area contributed by atoms with Crippen molar-refractivity contribution in [3.8, 4) is 11.5 Å². The number of amides is 1. The molecule has 1 amide bonds. The molecule has 0 spiro atoms. The second kappa shape index (κ2) is 12.5. The average Bonchev–Trinajstić information content (AvgIpc) is 3.11. The van der Waals surface area contributed by atoms with Crippen LogP contribution in [0.1, 0.15) is 33.4 Å². The molecule has 0 bridgehead atoms. The van der Waals surface area contributed by atoms with Gasteiger partial charge in [-0.3, -0.25) is 9.69 Å². The molecule has 0 saturated heterocycles. The van der Waals surface area contributed by atoms with E-state index in [1.807, 2.05) is 37.4 Å². The van der Waals surface area contributed by atoms with Gasteiger partial charge in [0.1, 0.15) is 6.61 Å². The standard InChI is InChI=1S/C27H35N3O3.ClH/c1-19(2)30(20(3)4)15-16-33-25-13-11-22(18-26(25)32-6)28-27(31)14-12-23-17-21-9-7-8-10-24(21)29(23)5;/h7-14,17-20H,15-16H2,1-6H3,(H,28,31);1H/b14-12+;. The smallest absolute Gasteiger partial charge is 0.248 e. The van der Waals surface area contributed by atoms with E-state index >= 15 is 0 Å². The highest BCUT2D eigenvalue weighted by atomic mass is 35.5. The first kappa shape index (κ1) is 27.3. The Morgan fingerprint density at radius 3 is 2.41 bits per heavy atom. The summed E-state index contributed by atoms with van der Waals surface area (Å²) in [5.74, 6) is 1.04. The first-order valence-corrected chi connectivity index (χ1v) is 11.4. The molecular formula is C27H36ClN3O3. The van der Waals surface area contributed by atoms with E-state index in [9.17, 15) is 4.79 Å². The van der Waals surface area contributed by atoms with Crippen molar-refractivity contribution in [3.05, 3.63) is 60.3 Å². The summed E-state index contributed by atoms with van der Waals surface area (Å²) in [5, 5.41) is 4.04. The van der Waals surface area contributed by atoms with Gasteiger partial charge < -0.3 is 19.4 Å². The summed E-state index contributed by atoms with van der Waals surface area (Å²) in [5.41, 5.74) is 2.74. The monoisotopic (exact) mass is 485 g/mol. The fourth-order valence-corrected chi connectivity index (χ4v) is 4.05. The van der Waals surface area contributed by atoms with E-state index in [-0.39, 0.29) is 18.3 Å². The van der Waals surface area contributed by atoms with Gasteiger partial charge in [-0.2, -0.15) is 0 Å². The van der Waals surface area contributed by atoms with Crippen molar-refractivity contribution in [1.82, 2.24) is 9.47 Å². The molecule has 1 heterocycles. The third kappa shape index (κ3) is 6.78. The number of anilines is 1. The predicted octanol–water partition coefficient (Wildman–Crippen LogP) is 5.76. The van der Waals surface area contributed by atoms with Crippen LogP contribution in [-0.2, 0) is 11.8 Å². The molecule has 3 rings (SSSR count). The molecule has 34 heavy (non-hydrogen) atoms. The Kier molecular flexibility index (Phi) is 10.0. The largest absolute Gasteiger partial charge is 0.493 e. The fourth-order valence-electron chi connectivity index (χ4n) is 4.05. The highest BCUT2D eigenvalue weighted by molar-refractivity contribution is 6.02. The van der Waals surface area contributed by atoms with E-state index in [1.54, 1.807) is 13.2 Å². The topological polar surface area (TPSA) is 55.7 Å². The highest BCUT2D eigenvalue weighted by Gasteiger charge is 2.14. The number of hydrogen-bond acceptors (Lipinski definition) is 4. The summed E-state index contributed by atoms with van der Waals surface area (Å²) in [6, 6.07) is 16.5. The minimum absolute atomic E-state index is 0. The maximum Gasteiger partial charge on any atom is 0.248 e. The number of para-hydroxylation sites is 1. The van der Waals surface area contributed by atoms with Gasteiger partial charge in [-0.25, -0.2) is 0 Å². The maximum atomic E-state index is 12.5. The Bertz CT molecular complexity index is 1110. The Labute approximate surface area is 208 Å². The van der Waals surface area contributed by atoms with Crippen LogP contribution in [0.15, 0.2) is 54.6 Å². The van der Waals surface area contributed by atoms with Gasteiger partial charge in [0.15, 0.2) is 11.5 Å². The van der Waals surface area contributed by atoms with Crippen LogP contribution in [0.3, 0.4) is 0 Å². The van der Waals surface area contributed by atoms with Crippen LogP contribution in [0.2, 0.25) is 0 Å². The lowest BCUT2D eigenvalue weighted by molar-refractivity contribution is -0.111. The van der Waals surface area contributed by atoms with Crippen molar-refractivity contribution in [3.63, 3.8) is 0 Å². The Morgan fingerprint density at radius 2 is 1.76 bits per heavy atom. The van der Waals surface area contributed by atoms with E-state index in [1.165, 1.54) is 6.08 Å². The van der Waals surface area contributed by atoms with Crippen LogP contribution in [-0.4, -0.2) is 47.7 Å². The highest BCUT2D eigenvalue weighted by Crippen LogP contribution is 2.30. The summed E-state index contributed by atoms with van der Waals surface area (Å²) in [7, 11) is 3.59. The minimum atomic E-state index is -0.208. The number of methoxy groups -OCH3 is 1. The summed E-state index contributed by atoms with van der Waals surface area (Å²) < 4.78 is 13.5. The molecule has 0 atom stereocenters. The lowest BCUT2D eigenvalue weighted by Crippen LogP contribution is -2.39.